The van der Waals surface area contributed by atoms with Crippen molar-refractivity contribution in [1.82, 2.24) is 51.4 Å². The maximum Gasteiger partial charge on any atom is 1.00 e. The smallest absolute Gasteiger partial charge is 0.870 e. The molecule has 0 aliphatic carbocycles. The summed E-state index contributed by atoms with van der Waals surface area (Å²) in [5.41, 5.74) is 11.4. The molecule has 2 aliphatic heterocycles. The number of carboxylic acids is 2. The number of aryl methyl sites for hydroxylation is 4. The summed E-state index contributed by atoms with van der Waals surface area (Å²) < 4.78 is 25.4. The topological polar surface area (TPSA) is 570 Å². The van der Waals surface area contributed by atoms with Crippen LogP contribution in [-0.2, 0) is 49.9 Å². The SMILES string of the molecule is CC(=O)c1cccc(C(=O)O)c1.COC(=O)c1cccc(C(=O)Nc2cc(CNC(=O)OC(C)(C)C)cc(C)n2)c1.Cc1cc(CNC(=O)OC(C)(C)C)cc(N)n1.Cc1cc(CNC(=O)OC(C)(C)C)cc(NC(=O)c2cccc(C(=O)N3CC[C@H](O)C3)c2)n1.Cc1cc(CNC(=O)OC(C)(C)C)cc(NC(=O)c2cccc(C(=O)O)c2)n1.O.O[C@H]1CCNC1.[Li+].[OH-]. The number of benzene rings is 4. The van der Waals surface area contributed by atoms with Crippen LogP contribution in [0.3, 0.4) is 0 Å². The van der Waals surface area contributed by atoms with Gasteiger partial charge in [0.2, 0.25) is 0 Å². The number of hydrogen-bond acceptors (Lipinski definition) is 26. The van der Waals surface area contributed by atoms with Gasteiger partial charge in [0.15, 0.2) is 5.78 Å². The van der Waals surface area contributed by atoms with Gasteiger partial charge in [-0.05, 0) is 275 Å². The average molecular weight is 1770 g/mol. The fourth-order valence-electron chi connectivity index (χ4n) is 11.2. The van der Waals surface area contributed by atoms with E-state index >= 15 is 0 Å². The number of carboxylic acid groups (broad SMARTS) is 2. The zero-order valence-corrected chi connectivity index (χ0v) is 75.6. The van der Waals surface area contributed by atoms with Gasteiger partial charge in [-0.2, -0.15) is 0 Å². The second-order valence-electron chi connectivity index (χ2n) is 32.7. The molecular weight excluding hydrogens is 1650 g/mol. The first-order valence-corrected chi connectivity index (χ1v) is 39.7. The number of alkyl carbamates (subject to hydrolysis) is 4. The Morgan fingerprint density at radius 2 is 0.742 bits per heavy atom. The van der Waals surface area contributed by atoms with Gasteiger partial charge in [0.25, 0.3) is 23.6 Å². The summed E-state index contributed by atoms with van der Waals surface area (Å²) in [6.07, 6.45) is -1.14. The Balaban J connectivity index is 0.000000545. The minimum Gasteiger partial charge on any atom is -0.870 e. The number of methoxy groups -OCH3 is 1. The van der Waals surface area contributed by atoms with Crippen LogP contribution in [0.2, 0.25) is 0 Å². The zero-order chi connectivity index (χ0) is 93.3. The van der Waals surface area contributed by atoms with Gasteiger partial charge in [-0.1, -0.05) is 30.3 Å². The van der Waals surface area contributed by atoms with E-state index in [9.17, 15) is 62.6 Å². The molecule has 8 amide bonds. The van der Waals surface area contributed by atoms with Crippen LogP contribution in [0.5, 0.6) is 0 Å². The number of esters is 1. The molecule has 6 heterocycles. The molecule has 0 saturated carbocycles. The van der Waals surface area contributed by atoms with Crippen molar-refractivity contribution in [3.8, 4) is 0 Å². The fourth-order valence-corrected chi connectivity index (χ4v) is 11.2. The molecule has 0 spiro atoms. The number of aliphatic hydroxyl groups excluding tert-OH is 2. The largest absolute Gasteiger partial charge is 1.00 e. The molecule has 2 fully saturated rings. The zero-order valence-electron chi connectivity index (χ0n) is 75.6. The molecule has 128 heavy (non-hydrogen) atoms. The van der Waals surface area contributed by atoms with E-state index in [1.165, 1.54) is 62.6 Å². The van der Waals surface area contributed by atoms with Crippen LogP contribution in [0, 0.1) is 27.7 Å². The Hall–Kier alpha value is -13.3. The van der Waals surface area contributed by atoms with Crippen molar-refractivity contribution in [1.29, 1.82) is 0 Å². The number of β-amino-alcohol motifs (C(OH)–C–C–N with tert-alkyl or cyclic N) is 2. The number of ketones is 1. The molecule has 4 aromatic carbocycles. The summed E-state index contributed by atoms with van der Waals surface area (Å²) in [5.74, 6) is -2.88. The second-order valence-corrected chi connectivity index (χ2v) is 32.7. The van der Waals surface area contributed by atoms with Gasteiger partial charge in [-0.15, -0.1) is 0 Å². The first-order chi connectivity index (χ1) is 58.4. The summed E-state index contributed by atoms with van der Waals surface area (Å²) in [6, 6.07) is 38.2. The number of rotatable bonds is 19. The second kappa shape index (κ2) is 52.0. The van der Waals surface area contributed by atoms with Crippen LogP contribution in [0.4, 0.5) is 42.4 Å². The minimum atomic E-state index is -1.11. The summed E-state index contributed by atoms with van der Waals surface area (Å²) in [7, 11) is 1.28. The van der Waals surface area contributed by atoms with Gasteiger partial charge in [-0.3, -0.25) is 24.0 Å². The third kappa shape index (κ3) is 43.1. The molecule has 4 aromatic heterocycles. The van der Waals surface area contributed by atoms with E-state index in [4.69, 9.17) is 40.0 Å². The van der Waals surface area contributed by atoms with Crippen molar-refractivity contribution in [2.24, 2.45) is 0 Å². The van der Waals surface area contributed by atoms with E-state index in [2.05, 4.69) is 67.2 Å². The maximum absolute atomic E-state index is 12.8. The monoisotopic (exact) mass is 1770 g/mol. The van der Waals surface area contributed by atoms with E-state index in [1.807, 2.05) is 33.8 Å². The number of nitrogens with two attached hydrogens (primary N) is 1. The number of likely N-dealkylation sites (tertiary alicyclic amines) is 1. The van der Waals surface area contributed by atoms with Gasteiger partial charge in [-0.25, -0.2) is 53.5 Å². The van der Waals surface area contributed by atoms with Crippen LogP contribution >= 0.6 is 0 Å². The number of carbonyl (C=O) groups is 12. The van der Waals surface area contributed by atoms with Crippen molar-refractivity contribution >= 4 is 95.0 Å². The molecule has 2 atom stereocenters. The van der Waals surface area contributed by atoms with Crippen molar-refractivity contribution < 1.29 is 131 Å². The average Bonchev–Trinajstić information content (AvgIpc) is 1.58. The first kappa shape index (κ1) is 111. The van der Waals surface area contributed by atoms with Gasteiger partial charge >= 0.3 is 61.1 Å². The minimum absolute atomic E-state index is 0. The first-order valence-electron chi connectivity index (χ1n) is 39.7. The van der Waals surface area contributed by atoms with Crippen molar-refractivity contribution in [3.63, 3.8) is 0 Å². The Labute approximate surface area is 755 Å². The van der Waals surface area contributed by atoms with E-state index in [-0.39, 0.29) is 89.5 Å². The molecule has 0 unspecified atom stereocenters. The standard InChI is InChI=1S/C24H30N4O5.C21H25N3O5.C20H23N3O5.C12H19N3O2.C9H8O3.C4H9NO.Li.2H2O/c1-15-10-16(13-25-23(32)33-24(2,3)4)11-20(26-15)27-21(30)17-6-5-7-18(12-17)22(31)28-9-8-19(29)14-28;1-13-9-14(12-22-20(27)29-21(2,3)4)10-17(23-13)24-18(25)15-7-6-8-16(11-15)19(26)28-5;1-12-8-13(11-21-19(27)28-20(2,3)4)9-16(22-12)23-17(24)14-6-5-7-15(10-14)18(25)26;1-8-5-9(6-10(13)15-8)7-14-11(16)17-12(2,3)4;1-6(10)7-3-2-4-8(5-7)9(11)12;6-4-1-2-5-3-4;;;/h5-7,10-12,19,29H,8-9,13-14H2,1-4H3,(H,25,32)(H,26,27,30);6-11H,12H2,1-5H3,(H,22,27)(H,23,24,25);5-10H,11H2,1-4H3,(H,21,27)(H,25,26)(H,22,23,24);5-6H,7H2,1-4H3,(H2,13,15)(H,14,16);2-5H,1H3,(H,11,12);4-6H,1-3H2;;2*1H2/q;;;;;;+1;;/p-1/t19-;;;;;4-;;;/m0....0.../s1. The van der Waals surface area contributed by atoms with E-state index in [1.54, 1.807) is 179 Å². The number of anilines is 4. The number of nitrogen functional groups attached to an aromatic ring is 1. The van der Waals surface area contributed by atoms with Gasteiger partial charge in [0.05, 0.1) is 36.0 Å². The Morgan fingerprint density at radius 3 is 1.03 bits per heavy atom. The molecule has 38 heteroatoms. The van der Waals surface area contributed by atoms with Crippen LogP contribution in [0.25, 0.3) is 0 Å². The third-order valence-corrected chi connectivity index (χ3v) is 16.4. The number of amides is 8. The van der Waals surface area contributed by atoms with Crippen molar-refractivity contribution in [3.05, 3.63) is 235 Å². The van der Waals surface area contributed by atoms with Crippen LogP contribution in [0.1, 0.15) is 231 Å². The number of nitrogens with zero attached hydrogens (tertiary/aromatic N) is 5. The van der Waals surface area contributed by atoms with E-state index in [0.29, 0.717) is 88.7 Å². The fraction of sp³-hybridized carbons (Fsp3) is 0.378. The molecule has 37 nitrogen and oxygen atoms in total. The molecule has 0 radical (unpaired) electrons. The van der Waals surface area contributed by atoms with Gasteiger partial charge in [0, 0.05) is 96.4 Å². The number of pyridine rings is 4. The number of Topliss-reactive ketones (excluding diaryl/α,β-unsaturated/α-hetero) is 1. The Kier molecular flexibility index (Phi) is 45.0. The summed E-state index contributed by atoms with van der Waals surface area (Å²) in [4.78, 5) is 160. The molecule has 0 bridgehead atoms. The van der Waals surface area contributed by atoms with Gasteiger partial charge in [0.1, 0.15) is 45.7 Å². The van der Waals surface area contributed by atoms with Crippen LogP contribution in [0.15, 0.2) is 146 Å². The maximum atomic E-state index is 12.8. The molecule has 8 aromatic rings. The number of ether oxygens (including phenoxy) is 5. The van der Waals surface area contributed by atoms with E-state index < -0.39 is 88.5 Å². The predicted molar refractivity (Wildman–Crippen MR) is 473 cm³/mol. The van der Waals surface area contributed by atoms with Gasteiger partial charge < -0.3 is 108 Å². The molecule has 2 saturated heterocycles. The van der Waals surface area contributed by atoms with Crippen LogP contribution < -0.4 is 67.1 Å². The molecule has 2 aliphatic rings. The van der Waals surface area contributed by atoms with E-state index in [0.717, 1.165) is 47.5 Å². The Morgan fingerprint density at radius 1 is 0.438 bits per heavy atom. The number of aromatic carboxylic acids is 2. The predicted octanol–water partition coefficient (Wildman–Crippen LogP) is 8.62. The number of carbonyl (C=O) groups excluding carboxylic acids is 10. The molecule has 10 rings (SSSR count). The summed E-state index contributed by atoms with van der Waals surface area (Å²) in [6.45, 7) is 33.7. The number of aromatic nitrogens is 4. The van der Waals surface area contributed by atoms with Crippen LogP contribution in [-0.4, -0.2) is 196 Å². The number of hydrogen-bond donors (Lipinski definition) is 13. The number of aliphatic hydroxyl groups is 2. The summed E-state index contributed by atoms with van der Waals surface area (Å²) >= 11 is 0. The Bertz CT molecular complexity index is 5090. The third-order valence-electron chi connectivity index (χ3n) is 16.4. The van der Waals surface area contributed by atoms with Crippen molar-refractivity contribution in [2.45, 2.75) is 191 Å². The molecular formula is C90H117LiN14O23. The number of nitrogens with one attached hydrogen (secondary N) is 8. The summed E-state index contributed by atoms with van der Waals surface area (Å²) in [5, 5.41) is 57.7. The molecule has 686 valence electrons. The normalized spacial score (nSPS) is 12.9. The van der Waals surface area contributed by atoms with Crippen molar-refractivity contribution in [2.75, 3.05) is 55.0 Å². The quantitative estimate of drug-likeness (QED) is 0.0156. The molecule has 17 N–H and O–H groups in total.